The van der Waals surface area contributed by atoms with Gasteiger partial charge in [-0.2, -0.15) is 0 Å². The Balaban J connectivity index is 4.66. The minimum Gasteiger partial charge on any atom is -0.462 e. The average Bonchev–Trinajstić information content (AvgIpc) is 3.34. The molecule has 3 unspecified atom stereocenters. The van der Waals surface area contributed by atoms with Crippen LogP contribution in [0.4, 0.5) is 0 Å². The van der Waals surface area contributed by atoms with Gasteiger partial charge in [0, 0.05) is 6.42 Å². The molecule has 0 aromatic carbocycles. The predicted molar refractivity (Wildman–Crippen MR) is 300 cm³/mol. The van der Waals surface area contributed by atoms with Gasteiger partial charge >= 0.3 is 5.97 Å². The number of unbranched alkanes of at least 4 members (excludes halogenated alkanes) is 23. The third kappa shape index (κ3) is 51.0. The zero-order valence-electron chi connectivity index (χ0n) is 45.2. The smallest absolute Gasteiger partial charge is 0.306 e. The molecular formula is C63H109NO5. The van der Waals surface area contributed by atoms with Crippen LogP contribution in [-0.2, 0) is 14.3 Å². The van der Waals surface area contributed by atoms with E-state index in [2.05, 4.69) is 123 Å². The maximum atomic E-state index is 13.3. The number of esters is 1. The van der Waals surface area contributed by atoms with Crippen molar-refractivity contribution in [2.24, 2.45) is 0 Å². The maximum absolute atomic E-state index is 13.3. The molecule has 3 N–H and O–H groups in total. The van der Waals surface area contributed by atoms with Gasteiger partial charge in [-0.3, -0.25) is 9.59 Å². The van der Waals surface area contributed by atoms with E-state index >= 15 is 0 Å². The maximum Gasteiger partial charge on any atom is 0.306 e. The zero-order chi connectivity index (χ0) is 50.2. The molecule has 0 aromatic heterocycles. The lowest BCUT2D eigenvalue weighted by atomic mass is 10.0. The van der Waals surface area contributed by atoms with E-state index in [0.29, 0.717) is 19.3 Å². The van der Waals surface area contributed by atoms with E-state index in [1.807, 2.05) is 0 Å². The number of rotatable bonds is 51. The van der Waals surface area contributed by atoms with Gasteiger partial charge in [-0.25, -0.2) is 0 Å². The van der Waals surface area contributed by atoms with Gasteiger partial charge in [-0.05, 0) is 103 Å². The number of ether oxygens (including phenoxy) is 1. The molecule has 0 heterocycles. The standard InChI is InChI=1S/C63H109NO5/c1-4-7-10-13-16-19-22-25-28-30-31-33-35-38-41-44-47-50-53-56-63(68)69-59(54-51-48-45-42-39-36-27-24-21-18-15-12-9-6-3)57-62(67)64-60(58-65)61(66)55-52-49-46-43-40-37-34-32-29-26-23-20-17-14-11-8-5-2/h9,12,16,18-19,21,25,27-28,31,33,36,38,41-42,45,59-61,65-66H,4-8,10-11,13-15,17,20,22-24,26,29-30,32,34-35,37,39-40,43-44,46-58H2,1-3H3,(H,64,67)/b12-9+,19-16-,21-18+,28-25-,33-31-,36-27+,41-38-,45-42+. The van der Waals surface area contributed by atoms with Crippen LogP contribution in [0.1, 0.15) is 265 Å². The first-order chi connectivity index (χ1) is 34.0. The fraction of sp³-hybridized carbons (Fsp3) is 0.714. The number of nitrogens with one attached hydrogen (secondary N) is 1. The number of allylic oxidation sites excluding steroid dienone is 16. The van der Waals surface area contributed by atoms with Crippen LogP contribution in [0, 0.1) is 0 Å². The minimum atomic E-state index is -0.814. The van der Waals surface area contributed by atoms with Crippen molar-refractivity contribution < 1.29 is 24.5 Å². The van der Waals surface area contributed by atoms with Crippen LogP contribution < -0.4 is 5.32 Å². The Bertz CT molecular complexity index is 1350. The van der Waals surface area contributed by atoms with Gasteiger partial charge in [0.2, 0.25) is 5.91 Å². The van der Waals surface area contributed by atoms with Gasteiger partial charge in [-0.1, -0.05) is 246 Å². The van der Waals surface area contributed by atoms with Crippen molar-refractivity contribution in [2.75, 3.05) is 6.61 Å². The highest BCUT2D eigenvalue weighted by Crippen LogP contribution is 2.17. The molecule has 69 heavy (non-hydrogen) atoms. The number of carbonyl (C=O) groups is 2. The first kappa shape index (κ1) is 65.8. The number of carbonyl (C=O) groups excluding carboxylic acids is 2. The summed E-state index contributed by atoms with van der Waals surface area (Å²) in [7, 11) is 0. The Labute approximate surface area is 426 Å². The second-order valence-electron chi connectivity index (χ2n) is 19.3. The molecule has 0 saturated heterocycles. The molecule has 0 aliphatic heterocycles. The fourth-order valence-electron chi connectivity index (χ4n) is 8.29. The van der Waals surface area contributed by atoms with Crippen molar-refractivity contribution in [1.29, 1.82) is 0 Å². The summed E-state index contributed by atoms with van der Waals surface area (Å²) in [5.74, 6) is -0.567. The number of hydrogen-bond donors (Lipinski definition) is 3. The van der Waals surface area contributed by atoms with Crippen LogP contribution in [-0.4, -0.2) is 46.9 Å². The first-order valence-corrected chi connectivity index (χ1v) is 29.0. The van der Waals surface area contributed by atoms with Gasteiger partial charge < -0.3 is 20.3 Å². The van der Waals surface area contributed by atoms with E-state index in [1.54, 1.807) is 0 Å². The normalized spacial score (nSPS) is 13.9. The largest absolute Gasteiger partial charge is 0.462 e. The lowest BCUT2D eigenvalue weighted by molar-refractivity contribution is -0.151. The number of amides is 1. The molecule has 3 atom stereocenters. The SMILES string of the molecule is CC/C=C/C/C=C/C/C=C/C/C=C/CCCC(CC(=O)NC(CO)C(O)CCCCCCCCCCCCCCCCCCC)OC(=O)CCCCC/C=C\C/C=C\C/C=C\C/C=C\CCCCC. The zero-order valence-corrected chi connectivity index (χ0v) is 45.2. The van der Waals surface area contributed by atoms with Crippen LogP contribution in [0.2, 0.25) is 0 Å². The monoisotopic (exact) mass is 960 g/mol. The summed E-state index contributed by atoms with van der Waals surface area (Å²) < 4.78 is 5.91. The molecule has 0 spiro atoms. The van der Waals surface area contributed by atoms with Gasteiger partial charge in [0.1, 0.15) is 6.10 Å². The van der Waals surface area contributed by atoms with Crippen molar-refractivity contribution in [3.63, 3.8) is 0 Å². The molecule has 0 rings (SSSR count). The topological polar surface area (TPSA) is 95.9 Å². The van der Waals surface area contributed by atoms with E-state index < -0.39 is 18.2 Å². The first-order valence-electron chi connectivity index (χ1n) is 29.0. The molecule has 0 aliphatic rings. The number of aliphatic hydroxyl groups is 2. The fourth-order valence-corrected chi connectivity index (χ4v) is 8.29. The average molecular weight is 961 g/mol. The molecule has 0 saturated carbocycles. The van der Waals surface area contributed by atoms with Gasteiger partial charge in [0.15, 0.2) is 0 Å². The third-order valence-electron chi connectivity index (χ3n) is 12.6. The van der Waals surface area contributed by atoms with Gasteiger partial charge in [0.05, 0.1) is 25.2 Å². The quantitative estimate of drug-likeness (QED) is 0.0321. The molecule has 396 valence electrons. The Kier molecular flexibility index (Phi) is 53.1. The number of aliphatic hydroxyl groups excluding tert-OH is 2. The van der Waals surface area contributed by atoms with Gasteiger partial charge in [0.25, 0.3) is 0 Å². The molecule has 0 aliphatic carbocycles. The van der Waals surface area contributed by atoms with Crippen molar-refractivity contribution in [3.8, 4) is 0 Å². The van der Waals surface area contributed by atoms with Crippen molar-refractivity contribution in [1.82, 2.24) is 5.32 Å². The Morgan fingerprint density at radius 1 is 0.435 bits per heavy atom. The lowest BCUT2D eigenvalue weighted by Gasteiger charge is -2.24. The third-order valence-corrected chi connectivity index (χ3v) is 12.6. The summed E-state index contributed by atoms with van der Waals surface area (Å²) in [6, 6.07) is -0.732. The molecule has 0 fully saturated rings. The van der Waals surface area contributed by atoms with E-state index in [4.69, 9.17) is 4.74 Å². The van der Waals surface area contributed by atoms with E-state index in [9.17, 15) is 19.8 Å². The Morgan fingerprint density at radius 2 is 0.797 bits per heavy atom. The van der Waals surface area contributed by atoms with Crippen LogP contribution >= 0.6 is 0 Å². The van der Waals surface area contributed by atoms with Crippen LogP contribution in [0.15, 0.2) is 97.2 Å². The second-order valence-corrected chi connectivity index (χ2v) is 19.3. The summed E-state index contributed by atoms with van der Waals surface area (Å²) in [5.41, 5.74) is 0. The molecule has 1 amide bonds. The highest BCUT2D eigenvalue weighted by molar-refractivity contribution is 5.77. The second kappa shape index (κ2) is 55.7. The summed E-state index contributed by atoms with van der Waals surface area (Å²) in [4.78, 5) is 26.3. The molecule has 6 nitrogen and oxygen atoms in total. The van der Waals surface area contributed by atoms with Crippen LogP contribution in [0.5, 0.6) is 0 Å². The summed E-state index contributed by atoms with van der Waals surface area (Å²) >= 11 is 0. The number of hydrogen-bond acceptors (Lipinski definition) is 5. The highest BCUT2D eigenvalue weighted by atomic mass is 16.5. The summed E-state index contributed by atoms with van der Waals surface area (Å²) in [5, 5.41) is 23.9. The lowest BCUT2D eigenvalue weighted by Crippen LogP contribution is -2.46. The van der Waals surface area contributed by atoms with Gasteiger partial charge in [-0.15, -0.1) is 0 Å². The van der Waals surface area contributed by atoms with Crippen molar-refractivity contribution >= 4 is 11.9 Å². The Morgan fingerprint density at radius 3 is 1.23 bits per heavy atom. The molecule has 0 aromatic rings. The minimum absolute atomic E-state index is 0.0222. The van der Waals surface area contributed by atoms with Crippen LogP contribution in [0.25, 0.3) is 0 Å². The Hall–Kier alpha value is -3.22. The van der Waals surface area contributed by atoms with E-state index in [-0.39, 0.29) is 24.9 Å². The van der Waals surface area contributed by atoms with E-state index in [0.717, 1.165) is 103 Å². The van der Waals surface area contributed by atoms with Crippen molar-refractivity contribution in [2.45, 2.75) is 283 Å². The molecule has 6 heteroatoms. The molecule has 0 radical (unpaired) electrons. The summed E-state index contributed by atoms with van der Waals surface area (Å²) in [6.07, 6.45) is 74.8. The predicted octanol–water partition coefficient (Wildman–Crippen LogP) is 18.1. The van der Waals surface area contributed by atoms with E-state index in [1.165, 1.54) is 116 Å². The van der Waals surface area contributed by atoms with Crippen molar-refractivity contribution in [3.05, 3.63) is 97.2 Å². The highest BCUT2D eigenvalue weighted by Gasteiger charge is 2.24. The summed E-state index contributed by atoms with van der Waals surface area (Å²) in [6.45, 7) is 6.33. The van der Waals surface area contributed by atoms with Crippen LogP contribution in [0.3, 0.4) is 0 Å². The molecule has 0 bridgehead atoms. The molecular weight excluding hydrogens is 851 g/mol.